The predicted molar refractivity (Wildman–Crippen MR) is 114 cm³/mol. The summed E-state index contributed by atoms with van der Waals surface area (Å²) >= 11 is 1.89. The van der Waals surface area contributed by atoms with Crippen molar-refractivity contribution in [1.82, 2.24) is 10.6 Å². The van der Waals surface area contributed by atoms with Crippen molar-refractivity contribution in [2.24, 2.45) is 4.99 Å². The Hall–Kier alpha value is -0.630. The Morgan fingerprint density at radius 1 is 1.09 bits per heavy atom. The van der Waals surface area contributed by atoms with Crippen molar-refractivity contribution < 1.29 is 4.74 Å². The number of unbranched alkanes of at least 4 members (excludes halogenated alkanes) is 1. The van der Waals surface area contributed by atoms with Crippen LogP contribution in [0, 0.1) is 13.8 Å². The third-order valence-corrected chi connectivity index (χ3v) is 3.85. The average Bonchev–Trinajstić information content (AvgIpc) is 2.48. The molecule has 0 aliphatic heterocycles. The Morgan fingerprint density at radius 2 is 1.74 bits per heavy atom. The molecule has 0 spiro atoms. The Balaban J connectivity index is 0.00000484. The first-order valence-corrected chi connectivity index (χ1v) is 9.19. The van der Waals surface area contributed by atoms with Crippen LogP contribution in [-0.4, -0.2) is 44.7 Å². The van der Waals surface area contributed by atoms with E-state index in [1.54, 1.807) is 7.05 Å². The molecule has 0 bridgehead atoms. The average molecular weight is 451 g/mol. The zero-order valence-electron chi connectivity index (χ0n) is 14.6. The highest BCUT2D eigenvalue weighted by Gasteiger charge is 1.99. The van der Waals surface area contributed by atoms with Gasteiger partial charge in [0.1, 0.15) is 12.4 Å². The van der Waals surface area contributed by atoms with E-state index < -0.39 is 0 Å². The van der Waals surface area contributed by atoms with Crippen LogP contribution in [0.1, 0.15) is 24.0 Å². The number of thioether (sulfide) groups is 1. The van der Waals surface area contributed by atoms with Gasteiger partial charge in [-0.1, -0.05) is 6.07 Å². The minimum Gasteiger partial charge on any atom is -0.492 e. The molecule has 6 heteroatoms. The molecule has 2 N–H and O–H groups in total. The maximum absolute atomic E-state index is 5.77. The number of nitrogens with one attached hydrogen (secondary N) is 2. The molecule has 0 fully saturated rings. The van der Waals surface area contributed by atoms with Crippen molar-refractivity contribution in [1.29, 1.82) is 0 Å². The lowest BCUT2D eigenvalue weighted by Crippen LogP contribution is -2.39. The number of ether oxygens (including phenoxy) is 1. The first-order valence-electron chi connectivity index (χ1n) is 7.80. The minimum absolute atomic E-state index is 0. The molecule has 132 valence electrons. The number of nitrogens with zero attached hydrogens (tertiary/aromatic N) is 1. The second kappa shape index (κ2) is 13.8. The highest BCUT2D eigenvalue weighted by atomic mass is 127. The van der Waals surface area contributed by atoms with Crippen molar-refractivity contribution in [3.8, 4) is 5.75 Å². The first kappa shape index (κ1) is 22.4. The fourth-order valence-corrected chi connectivity index (χ4v) is 2.65. The standard InChI is InChI=1S/C17H29N3OS.HI/c1-14-11-15(2)13-16(12-14)21-9-8-20-17(18-3)19-7-5-6-10-22-4;/h11-13H,5-10H2,1-4H3,(H2,18,19,20);1H. The van der Waals surface area contributed by atoms with Gasteiger partial charge in [0.2, 0.25) is 0 Å². The molecule has 0 aliphatic rings. The van der Waals surface area contributed by atoms with Crippen molar-refractivity contribution in [3.63, 3.8) is 0 Å². The van der Waals surface area contributed by atoms with Gasteiger partial charge in [0.05, 0.1) is 6.54 Å². The van der Waals surface area contributed by atoms with Gasteiger partial charge < -0.3 is 15.4 Å². The molecule has 4 nitrogen and oxygen atoms in total. The Morgan fingerprint density at radius 3 is 2.35 bits per heavy atom. The van der Waals surface area contributed by atoms with E-state index in [1.165, 1.54) is 29.7 Å². The van der Waals surface area contributed by atoms with Crippen LogP contribution in [0.5, 0.6) is 5.75 Å². The summed E-state index contributed by atoms with van der Waals surface area (Å²) in [6.45, 7) is 6.48. The molecule has 0 atom stereocenters. The summed E-state index contributed by atoms with van der Waals surface area (Å²) < 4.78 is 5.77. The maximum Gasteiger partial charge on any atom is 0.191 e. The van der Waals surface area contributed by atoms with Crippen molar-refractivity contribution >= 4 is 41.7 Å². The van der Waals surface area contributed by atoms with E-state index in [0.717, 1.165) is 24.8 Å². The van der Waals surface area contributed by atoms with E-state index in [0.29, 0.717) is 6.61 Å². The van der Waals surface area contributed by atoms with E-state index in [4.69, 9.17) is 4.74 Å². The van der Waals surface area contributed by atoms with Gasteiger partial charge >= 0.3 is 0 Å². The summed E-state index contributed by atoms with van der Waals surface area (Å²) in [6, 6.07) is 6.27. The SMILES string of the molecule is CN=C(NCCCCSC)NCCOc1cc(C)cc(C)c1.I. The van der Waals surface area contributed by atoms with Gasteiger partial charge in [-0.3, -0.25) is 4.99 Å². The molecular weight excluding hydrogens is 421 g/mol. The van der Waals surface area contributed by atoms with Crippen LogP contribution >= 0.6 is 35.7 Å². The van der Waals surface area contributed by atoms with Gasteiger partial charge in [0.15, 0.2) is 5.96 Å². The minimum atomic E-state index is 0. The van der Waals surface area contributed by atoms with Crippen LogP contribution in [0.3, 0.4) is 0 Å². The summed E-state index contributed by atoms with van der Waals surface area (Å²) in [7, 11) is 1.79. The second-order valence-corrected chi connectivity index (χ2v) is 6.28. The van der Waals surface area contributed by atoms with E-state index in [9.17, 15) is 0 Å². The second-order valence-electron chi connectivity index (χ2n) is 5.30. The Kier molecular flexibility index (Phi) is 13.4. The quantitative estimate of drug-likeness (QED) is 0.261. The number of hydrogen-bond acceptors (Lipinski definition) is 3. The molecule has 0 unspecified atom stereocenters. The normalized spacial score (nSPS) is 10.9. The summed E-state index contributed by atoms with van der Waals surface area (Å²) in [5, 5.41) is 6.59. The van der Waals surface area contributed by atoms with E-state index >= 15 is 0 Å². The smallest absolute Gasteiger partial charge is 0.191 e. The molecule has 0 saturated carbocycles. The fourth-order valence-electron chi connectivity index (χ4n) is 2.15. The highest BCUT2D eigenvalue weighted by Crippen LogP contribution is 2.15. The van der Waals surface area contributed by atoms with Gasteiger partial charge in [0.25, 0.3) is 0 Å². The van der Waals surface area contributed by atoms with Crippen LogP contribution in [0.15, 0.2) is 23.2 Å². The lowest BCUT2D eigenvalue weighted by molar-refractivity contribution is 0.321. The topological polar surface area (TPSA) is 45.7 Å². The summed E-state index contributed by atoms with van der Waals surface area (Å²) in [5.74, 6) is 2.99. The number of aliphatic imine (C=N–C) groups is 1. The van der Waals surface area contributed by atoms with E-state index in [-0.39, 0.29) is 24.0 Å². The van der Waals surface area contributed by atoms with Gasteiger partial charge in [0, 0.05) is 13.6 Å². The lowest BCUT2D eigenvalue weighted by Gasteiger charge is -2.13. The van der Waals surface area contributed by atoms with Gasteiger partial charge in [-0.05, 0) is 62.0 Å². The number of rotatable bonds is 9. The predicted octanol–water partition coefficient (Wildman–Crippen LogP) is 3.61. The number of benzene rings is 1. The third-order valence-electron chi connectivity index (χ3n) is 3.15. The number of hydrogen-bond donors (Lipinski definition) is 2. The molecule has 1 rings (SSSR count). The molecule has 0 saturated heterocycles. The van der Waals surface area contributed by atoms with Crippen LogP contribution in [0.2, 0.25) is 0 Å². The molecule has 0 aliphatic carbocycles. The molecule has 0 aromatic heterocycles. The summed E-state index contributed by atoms with van der Waals surface area (Å²) in [4.78, 5) is 4.21. The Labute approximate surface area is 162 Å². The Bertz CT molecular complexity index is 449. The van der Waals surface area contributed by atoms with Crippen LogP contribution in [0.25, 0.3) is 0 Å². The molecule has 1 aromatic carbocycles. The van der Waals surface area contributed by atoms with Crippen LogP contribution in [-0.2, 0) is 0 Å². The zero-order valence-corrected chi connectivity index (χ0v) is 17.8. The molecule has 0 radical (unpaired) electrons. The number of aryl methyl sites for hydroxylation is 2. The third kappa shape index (κ3) is 10.7. The maximum atomic E-state index is 5.77. The van der Waals surface area contributed by atoms with Crippen molar-refractivity contribution in [3.05, 3.63) is 29.3 Å². The van der Waals surface area contributed by atoms with Gasteiger partial charge in [-0.25, -0.2) is 0 Å². The summed E-state index contributed by atoms with van der Waals surface area (Å²) in [6.07, 6.45) is 4.55. The monoisotopic (exact) mass is 451 g/mol. The molecule has 0 amide bonds. The van der Waals surface area contributed by atoms with E-state index in [2.05, 4.69) is 53.9 Å². The molecule has 0 heterocycles. The molecule has 23 heavy (non-hydrogen) atoms. The van der Waals surface area contributed by atoms with Gasteiger partial charge in [-0.2, -0.15) is 11.8 Å². The number of guanidine groups is 1. The van der Waals surface area contributed by atoms with Crippen LogP contribution in [0.4, 0.5) is 0 Å². The van der Waals surface area contributed by atoms with E-state index in [1.807, 2.05) is 11.8 Å². The molecule has 1 aromatic rings. The fraction of sp³-hybridized carbons (Fsp3) is 0.588. The number of halogens is 1. The lowest BCUT2D eigenvalue weighted by atomic mass is 10.1. The summed E-state index contributed by atoms with van der Waals surface area (Å²) in [5.41, 5.74) is 2.45. The first-order chi connectivity index (χ1) is 10.7. The van der Waals surface area contributed by atoms with Crippen LogP contribution < -0.4 is 15.4 Å². The van der Waals surface area contributed by atoms with Crippen molar-refractivity contribution in [2.45, 2.75) is 26.7 Å². The highest BCUT2D eigenvalue weighted by molar-refractivity contribution is 14.0. The zero-order chi connectivity index (χ0) is 16.2. The van der Waals surface area contributed by atoms with Gasteiger partial charge in [-0.15, -0.1) is 24.0 Å². The largest absolute Gasteiger partial charge is 0.492 e. The molecular formula is C17H30IN3OS. The van der Waals surface area contributed by atoms with Crippen molar-refractivity contribution in [2.75, 3.05) is 38.8 Å².